The Balaban J connectivity index is 1.96. The van der Waals surface area contributed by atoms with E-state index in [4.69, 9.17) is 4.74 Å². The van der Waals surface area contributed by atoms with Crippen LogP contribution in [-0.4, -0.2) is 30.9 Å². The van der Waals surface area contributed by atoms with Crippen molar-refractivity contribution in [1.29, 1.82) is 0 Å². The number of hydrogen-bond acceptors (Lipinski definition) is 3. The Labute approximate surface area is 116 Å². The van der Waals surface area contributed by atoms with Gasteiger partial charge in [-0.1, -0.05) is 19.1 Å². The molecule has 0 spiro atoms. The maximum absolute atomic E-state index is 9.53. The van der Waals surface area contributed by atoms with E-state index >= 15 is 0 Å². The molecule has 1 aliphatic heterocycles. The molecule has 3 heteroatoms. The standard InChI is InChI=1S/C16H25NO2/c1-3-11-19-16-5-4-10-17(12-16)15-8-6-14(7-9-15)13(2)18/h6-9,13,16,18H,3-5,10-12H2,1-2H3. The number of aliphatic hydroxyl groups excluding tert-OH is 1. The van der Waals surface area contributed by atoms with Crippen molar-refractivity contribution in [3.63, 3.8) is 0 Å². The van der Waals surface area contributed by atoms with E-state index < -0.39 is 6.10 Å². The second kappa shape index (κ2) is 6.92. The maximum atomic E-state index is 9.53. The van der Waals surface area contributed by atoms with Crippen molar-refractivity contribution < 1.29 is 9.84 Å². The van der Waals surface area contributed by atoms with E-state index in [2.05, 4.69) is 24.0 Å². The fraction of sp³-hybridized carbons (Fsp3) is 0.625. The van der Waals surface area contributed by atoms with Gasteiger partial charge in [-0.15, -0.1) is 0 Å². The van der Waals surface area contributed by atoms with E-state index in [9.17, 15) is 5.11 Å². The fourth-order valence-electron chi connectivity index (χ4n) is 2.56. The first-order valence-electron chi connectivity index (χ1n) is 7.35. The van der Waals surface area contributed by atoms with Gasteiger partial charge in [0.1, 0.15) is 0 Å². The summed E-state index contributed by atoms with van der Waals surface area (Å²) in [4.78, 5) is 2.38. The second-order valence-corrected chi connectivity index (χ2v) is 5.35. The van der Waals surface area contributed by atoms with Crippen LogP contribution in [0.1, 0.15) is 44.8 Å². The van der Waals surface area contributed by atoms with E-state index in [1.807, 2.05) is 12.1 Å². The van der Waals surface area contributed by atoms with Gasteiger partial charge in [0, 0.05) is 25.4 Å². The summed E-state index contributed by atoms with van der Waals surface area (Å²) in [7, 11) is 0. The van der Waals surface area contributed by atoms with E-state index in [-0.39, 0.29) is 0 Å². The zero-order valence-corrected chi connectivity index (χ0v) is 12.0. The molecule has 0 bridgehead atoms. The Morgan fingerprint density at radius 3 is 2.74 bits per heavy atom. The summed E-state index contributed by atoms with van der Waals surface area (Å²) in [6.07, 6.45) is 3.41. The zero-order valence-electron chi connectivity index (χ0n) is 12.0. The Hall–Kier alpha value is -1.06. The molecule has 0 amide bonds. The van der Waals surface area contributed by atoms with Gasteiger partial charge in [-0.25, -0.2) is 0 Å². The van der Waals surface area contributed by atoms with Crippen LogP contribution in [0.2, 0.25) is 0 Å². The molecule has 106 valence electrons. The quantitative estimate of drug-likeness (QED) is 0.886. The van der Waals surface area contributed by atoms with Crippen LogP contribution in [0.15, 0.2) is 24.3 Å². The molecule has 1 aromatic carbocycles. The Kier molecular flexibility index (Phi) is 5.23. The molecule has 1 aliphatic rings. The van der Waals surface area contributed by atoms with E-state index in [0.717, 1.165) is 31.7 Å². The first-order chi connectivity index (χ1) is 9.20. The molecule has 19 heavy (non-hydrogen) atoms. The van der Waals surface area contributed by atoms with Crippen molar-refractivity contribution in [2.24, 2.45) is 0 Å². The Bertz CT molecular complexity index is 375. The van der Waals surface area contributed by atoms with Gasteiger partial charge >= 0.3 is 0 Å². The van der Waals surface area contributed by atoms with Crippen molar-refractivity contribution in [1.82, 2.24) is 0 Å². The van der Waals surface area contributed by atoms with Gasteiger partial charge in [0.25, 0.3) is 0 Å². The number of ether oxygens (including phenoxy) is 1. The molecule has 1 heterocycles. The normalized spacial score (nSPS) is 21.4. The smallest absolute Gasteiger partial charge is 0.0761 e. The number of piperidine rings is 1. The van der Waals surface area contributed by atoms with Crippen LogP contribution >= 0.6 is 0 Å². The Morgan fingerprint density at radius 1 is 1.37 bits per heavy atom. The number of nitrogens with zero attached hydrogens (tertiary/aromatic N) is 1. The van der Waals surface area contributed by atoms with Crippen molar-refractivity contribution in [2.45, 2.75) is 45.3 Å². The van der Waals surface area contributed by atoms with Crippen LogP contribution in [0.25, 0.3) is 0 Å². The summed E-state index contributed by atoms with van der Waals surface area (Å²) in [5.74, 6) is 0. The molecule has 2 atom stereocenters. The number of benzene rings is 1. The third-order valence-corrected chi connectivity index (χ3v) is 3.68. The predicted molar refractivity (Wildman–Crippen MR) is 78.6 cm³/mol. The predicted octanol–water partition coefficient (Wildman–Crippen LogP) is 3.14. The van der Waals surface area contributed by atoms with Gasteiger partial charge in [-0.2, -0.15) is 0 Å². The van der Waals surface area contributed by atoms with Crippen molar-refractivity contribution in [3.05, 3.63) is 29.8 Å². The monoisotopic (exact) mass is 263 g/mol. The highest BCUT2D eigenvalue weighted by molar-refractivity contribution is 5.48. The van der Waals surface area contributed by atoms with Crippen LogP contribution in [0.4, 0.5) is 5.69 Å². The molecule has 1 N–H and O–H groups in total. The lowest BCUT2D eigenvalue weighted by atomic mass is 10.1. The molecular formula is C16H25NO2. The minimum atomic E-state index is -0.393. The number of hydrogen-bond donors (Lipinski definition) is 1. The molecular weight excluding hydrogens is 238 g/mol. The van der Waals surface area contributed by atoms with E-state index in [1.54, 1.807) is 6.92 Å². The average molecular weight is 263 g/mol. The summed E-state index contributed by atoms with van der Waals surface area (Å²) >= 11 is 0. The SMILES string of the molecule is CCCOC1CCCN(c2ccc(C(C)O)cc2)C1. The largest absolute Gasteiger partial charge is 0.389 e. The minimum absolute atomic E-state index is 0.366. The highest BCUT2D eigenvalue weighted by Gasteiger charge is 2.20. The zero-order chi connectivity index (χ0) is 13.7. The molecule has 2 unspecified atom stereocenters. The molecule has 0 aromatic heterocycles. The lowest BCUT2D eigenvalue weighted by Gasteiger charge is -2.34. The fourth-order valence-corrected chi connectivity index (χ4v) is 2.56. The summed E-state index contributed by atoms with van der Waals surface area (Å²) < 4.78 is 5.86. The molecule has 1 fully saturated rings. The molecule has 1 aromatic rings. The average Bonchev–Trinajstić information content (AvgIpc) is 2.45. The van der Waals surface area contributed by atoms with Crippen molar-refractivity contribution in [2.75, 3.05) is 24.6 Å². The molecule has 0 saturated carbocycles. The van der Waals surface area contributed by atoms with Gasteiger partial charge in [0.15, 0.2) is 0 Å². The molecule has 2 rings (SSSR count). The highest BCUT2D eigenvalue weighted by atomic mass is 16.5. The van der Waals surface area contributed by atoms with Gasteiger partial charge in [-0.3, -0.25) is 0 Å². The van der Waals surface area contributed by atoms with Gasteiger partial charge < -0.3 is 14.7 Å². The summed E-state index contributed by atoms with van der Waals surface area (Å²) in [5, 5.41) is 9.53. The van der Waals surface area contributed by atoms with E-state index in [0.29, 0.717) is 6.10 Å². The molecule has 1 saturated heterocycles. The minimum Gasteiger partial charge on any atom is -0.389 e. The van der Waals surface area contributed by atoms with Gasteiger partial charge in [0.2, 0.25) is 0 Å². The number of aliphatic hydroxyl groups is 1. The van der Waals surface area contributed by atoms with Gasteiger partial charge in [-0.05, 0) is 43.9 Å². The second-order valence-electron chi connectivity index (χ2n) is 5.35. The Morgan fingerprint density at radius 2 is 2.11 bits per heavy atom. The van der Waals surface area contributed by atoms with Crippen LogP contribution in [0.5, 0.6) is 0 Å². The van der Waals surface area contributed by atoms with Crippen LogP contribution in [0, 0.1) is 0 Å². The van der Waals surface area contributed by atoms with Gasteiger partial charge in [0.05, 0.1) is 12.2 Å². The molecule has 0 radical (unpaired) electrons. The highest BCUT2D eigenvalue weighted by Crippen LogP contribution is 2.23. The number of anilines is 1. The van der Waals surface area contributed by atoms with Crippen LogP contribution in [-0.2, 0) is 4.74 Å². The maximum Gasteiger partial charge on any atom is 0.0761 e. The lowest BCUT2D eigenvalue weighted by molar-refractivity contribution is 0.0440. The summed E-state index contributed by atoms with van der Waals surface area (Å²) in [6.45, 7) is 6.88. The molecule has 0 aliphatic carbocycles. The third kappa shape index (κ3) is 3.95. The third-order valence-electron chi connectivity index (χ3n) is 3.68. The van der Waals surface area contributed by atoms with E-state index in [1.165, 1.54) is 18.5 Å². The van der Waals surface area contributed by atoms with Crippen molar-refractivity contribution >= 4 is 5.69 Å². The first-order valence-corrected chi connectivity index (χ1v) is 7.35. The topological polar surface area (TPSA) is 32.7 Å². The molecule has 3 nitrogen and oxygen atoms in total. The van der Waals surface area contributed by atoms with Crippen LogP contribution < -0.4 is 4.90 Å². The summed E-state index contributed by atoms with van der Waals surface area (Å²) in [5.41, 5.74) is 2.20. The first kappa shape index (κ1) is 14.4. The number of rotatable bonds is 5. The summed E-state index contributed by atoms with van der Waals surface area (Å²) in [6, 6.07) is 8.22. The lowest BCUT2D eigenvalue weighted by Crippen LogP contribution is -2.39. The van der Waals surface area contributed by atoms with Crippen molar-refractivity contribution in [3.8, 4) is 0 Å². The van der Waals surface area contributed by atoms with Crippen LogP contribution in [0.3, 0.4) is 0 Å².